The maximum Gasteiger partial charge on any atom is 0.327 e. The van der Waals surface area contributed by atoms with Crippen LogP contribution in [-0.4, -0.2) is 32.0 Å². The number of carboxylic acids is 1. The standard InChI is InChI=1S/C13H14N4O3/c1-9-4-2-3-5-10(9)6-12(18)15-11-7-14-17(16-11)8-13(19)20/h2-5,7H,6,8H2,1H3,(H,19,20)(H,15,16,18). The Hall–Kier alpha value is -2.70. The van der Waals surface area contributed by atoms with Crippen molar-refractivity contribution in [1.82, 2.24) is 15.0 Å². The molecule has 0 saturated heterocycles. The van der Waals surface area contributed by atoms with Crippen molar-refractivity contribution in [3.63, 3.8) is 0 Å². The molecule has 0 radical (unpaired) electrons. The van der Waals surface area contributed by atoms with E-state index in [4.69, 9.17) is 5.11 Å². The minimum absolute atomic E-state index is 0.221. The van der Waals surface area contributed by atoms with Gasteiger partial charge in [0.1, 0.15) is 0 Å². The molecule has 2 rings (SSSR count). The first-order valence-electron chi connectivity index (χ1n) is 6.01. The lowest BCUT2D eigenvalue weighted by molar-refractivity contribution is -0.138. The van der Waals surface area contributed by atoms with E-state index in [-0.39, 0.29) is 24.7 Å². The van der Waals surface area contributed by atoms with E-state index in [1.807, 2.05) is 31.2 Å². The summed E-state index contributed by atoms with van der Waals surface area (Å²) in [5.41, 5.74) is 1.97. The van der Waals surface area contributed by atoms with Crippen molar-refractivity contribution < 1.29 is 14.7 Å². The molecule has 0 aliphatic carbocycles. The zero-order valence-electron chi connectivity index (χ0n) is 10.9. The van der Waals surface area contributed by atoms with Crippen LogP contribution in [0.5, 0.6) is 0 Å². The highest BCUT2D eigenvalue weighted by molar-refractivity contribution is 5.91. The van der Waals surface area contributed by atoms with Crippen LogP contribution >= 0.6 is 0 Å². The summed E-state index contributed by atoms with van der Waals surface area (Å²) in [6, 6.07) is 7.61. The van der Waals surface area contributed by atoms with Crippen LogP contribution < -0.4 is 5.32 Å². The highest BCUT2D eigenvalue weighted by Gasteiger charge is 2.09. The Morgan fingerprint density at radius 1 is 1.35 bits per heavy atom. The van der Waals surface area contributed by atoms with E-state index in [0.717, 1.165) is 15.9 Å². The molecule has 0 spiro atoms. The number of anilines is 1. The van der Waals surface area contributed by atoms with Crippen LogP contribution in [0.2, 0.25) is 0 Å². The largest absolute Gasteiger partial charge is 0.480 e. The first-order chi connectivity index (χ1) is 9.54. The third-order valence-corrected chi connectivity index (χ3v) is 2.69. The second-order valence-electron chi connectivity index (χ2n) is 4.31. The van der Waals surface area contributed by atoms with E-state index < -0.39 is 5.97 Å². The van der Waals surface area contributed by atoms with Gasteiger partial charge >= 0.3 is 5.97 Å². The Kier molecular flexibility index (Phi) is 4.09. The number of hydrogen-bond donors (Lipinski definition) is 2. The number of hydrogen-bond acceptors (Lipinski definition) is 4. The minimum atomic E-state index is -1.04. The number of nitrogens with one attached hydrogen (secondary N) is 1. The topological polar surface area (TPSA) is 97.1 Å². The van der Waals surface area contributed by atoms with Gasteiger partial charge in [-0.15, -0.1) is 5.10 Å². The molecule has 1 amide bonds. The predicted molar refractivity (Wildman–Crippen MR) is 71.2 cm³/mol. The van der Waals surface area contributed by atoms with Gasteiger partial charge in [0.05, 0.1) is 12.6 Å². The van der Waals surface area contributed by atoms with Crippen molar-refractivity contribution in [2.75, 3.05) is 5.32 Å². The Morgan fingerprint density at radius 2 is 2.10 bits per heavy atom. The molecular weight excluding hydrogens is 260 g/mol. The summed E-state index contributed by atoms with van der Waals surface area (Å²) in [5, 5.41) is 18.8. The van der Waals surface area contributed by atoms with Crippen molar-refractivity contribution >= 4 is 17.7 Å². The Bertz CT molecular complexity index is 636. The summed E-state index contributed by atoms with van der Waals surface area (Å²) in [6.07, 6.45) is 1.55. The molecule has 104 valence electrons. The van der Waals surface area contributed by atoms with Gasteiger partial charge in [-0.2, -0.15) is 9.90 Å². The van der Waals surface area contributed by atoms with Crippen LogP contribution in [0.3, 0.4) is 0 Å². The highest BCUT2D eigenvalue weighted by atomic mass is 16.4. The average molecular weight is 274 g/mol. The molecule has 7 nitrogen and oxygen atoms in total. The van der Waals surface area contributed by atoms with Gasteiger partial charge in [-0.05, 0) is 18.1 Å². The van der Waals surface area contributed by atoms with Gasteiger partial charge in [-0.25, -0.2) is 0 Å². The molecule has 20 heavy (non-hydrogen) atoms. The summed E-state index contributed by atoms with van der Waals surface area (Å²) in [4.78, 5) is 23.4. The lowest BCUT2D eigenvalue weighted by Gasteiger charge is -2.04. The maximum atomic E-state index is 11.9. The fourth-order valence-corrected chi connectivity index (χ4v) is 1.72. The summed E-state index contributed by atoms with van der Waals surface area (Å²) in [5.74, 6) is -1.02. The fraction of sp³-hybridized carbons (Fsp3) is 0.231. The first kappa shape index (κ1) is 13.7. The van der Waals surface area contributed by atoms with Gasteiger partial charge in [0, 0.05) is 0 Å². The van der Waals surface area contributed by atoms with E-state index in [2.05, 4.69) is 15.5 Å². The van der Waals surface area contributed by atoms with E-state index in [1.54, 1.807) is 0 Å². The number of carboxylic acid groups (broad SMARTS) is 1. The molecule has 2 aromatic rings. The lowest BCUT2D eigenvalue weighted by Crippen LogP contribution is -2.16. The molecule has 1 aromatic heterocycles. The van der Waals surface area contributed by atoms with E-state index >= 15 is 0 Å². The first-order valence-corrected chi connectivity index (χ1v) is 6.01. The van der Waals surface area contributed by atoms with Crippen molar-refractivity contribution in [2.24, 2.45) is 0 Å². The normalized spacial score (nSPS) is 10.2. The molecule has 0 aliphatic rings. The number of rotatable bonds is 5. The molecule has 0 aliphatic heterocycles. The molecule has 0 bridgehead atoms. The number of benzene rings is 1. The van der Waals surface area contributed by atoms with Crippen LogP contribution in [0.1, 0.15) is 11.1 Å². The molecule has 7 heteroatoms. The zero-order valence-corrected chi connectivity index (χ0v) is 10.9. The smallest absolute Gasteiger partial charge is 0.327 e. The van der Waals surface area contributed by atoms with Crippen LogP contribution in [0, 0.1) is 6.92 Å². The van der Waals surface area contributed by atoms with Gasteiger partial charge in [0.15, 0.2) is 12.4 Å². The summed E-state index contributed by atoms with van der Waals surface area (Å²) in [6.45, 7) is 1.60. The van der Waals surface area contributed by atoms with Crippen LogP contribution in [0.15, 0.2) is 30.5 Å². The maximum absolute atomic E-state index is 11.9. The monoisotopic (exact) mass is 274 g/mol. The Morgan fingerprint density at radius 3 is 2.80 bits per heavy atom. The molecule has 0 saturated carbocycles. The molecule has 1 aromatic carbocycles. The van der Waals surface area contributed by atoms with Gasteiger partial charge in [0.2, 0.25) is 5.91 Å². The SMILES string of the molecule is Cc1ccccc1CC(=O)Nc1cnn(CC(=O)O)n1. The molecule has 0 fully saturated rings. The molecule has 1 heterocycles. The second kappa shape index (κ2) is 5.96. The number of aryl methyl sites for hydroxylation is 1. The van der Waals surface area contributed by atoms with Gasteiger partial charge < -0.3 is 10.4 Å². The van der Waals surface area contributed by atoms with Gasteiger partial charge in [0.25, 0.3) is 0 Å². The molecule has 0 unspecified atom stereocenters. The molecule has 0 atom stereocenters. The zero-order chi connectivity index (χ0) is 14.5. The van der Waals surface area contributed by atoms with Gasteiger partial charge in [-0.1, -0.05) is 24.3 Å². The lowest BCUT2D eigenvalue weighted by atomic mass is 10.1. The Balaban J connectivity index is 1.96. The van der Waals surface area contributed by atoms with E-state index in [1.165, 1.54) is 6.20 Å². The highest BCUT2D eigenvalue weighted by Crippen LogP contribution is 2.09. The summed E-state index contributed by atoms with van der Waals surface area (Å²) < 4.78 is 0. The van der Waals surface area contributed by atoms with Crippen molar-refractivity contribution in [2.45, 2.75) is 19.9 Å². The number of carbonyl (C=O) groups is 2. The number of aliphatic carboxylic acids is 1. The van der Waals surface area contributed by atoms with E-state index in [9.17, 15) is 9.59 Å². The number of amides is 1. The quantitative estimate of drug-likeness (QED) is 0.842. The second-order valence-corrected chi connectivity index (χ2v) is 4.31. The van der Waals surface area contributed by atoms with Crippen molar-refractivity contribution in [3.05, 3.63) is 41.6 Å². The van der Waals surface area contributed by atoms with Crippen LogP contribution in [0.25, 0.3) is 0 Å². The van der Waals surface area contributed by atoms with E-state index in [0.29, 0.717) is 0 Å². The number of aromatic nitrogens is 3. The van der Waals surface area contributed by atoms with Crippen LogP contribution in [0.4, 0.5) is 5.82 Å². The third kappa shape index (κ3) is 3.64. The minimum Gasteiger partial charge on any atom is -0.480 e. The van der Waals surface area contributed by atoms with Gasteiger partial charge in [-0.3, -0.25) is 9.59 Å². The summed E-state index contributed by atoms with van der Waals surface area (Å²) in [7, 11) is 0. The number of nitrogens with zero attached hydrogens (tertiary/aromatic N) is 3. The predicted octanol–water partition coefficient (Wildman–Crippen LogP) is 0.852. The third-order valence-electron chi connectivity index (χ3n) is 2.69. The van der Waals surface area contributed by atoms with Crippen LogP contribution in [-0.2, 0) is 22.6 Å². The van der Waals surface area contributed by atoms with Crippen molar-refractivity contribution in [3.8, 4) is 0 Å². The fourth-order valence-electron chi connectivity index (χ4n) is 1.72. The molecular formula is C13H14N4O3. The van der Waals surface area contributed by atoms with Crippen molar-refractivity contribution in [1.29, 1.82) is 0 Å². The average Bonchev–Trinajstić information content (AvgIpc) is 2.78. The molecule has 2 N–H and O–H groups in total. The number of carbonyl (C=O) groups excluding carboxylic acids is 1. The Labute approximate surface area is 115 Å². The summed E-state index contributed by atoms with van der Waals surface area (Å²) >= 11 is 0.